The molecule has 6 nitrogen and oxygen atoms in total. The lowest BCUT2D eigenvalue weighted by Crippen LogP contribution is -2.28. The third kappa shape index (κ3) is 18.9. The van der Waals surface area contributed by atoms with E-state index in [9.17, 15) is 4.79 Å². The maximum atomic E-state index is 11.5. The van der Waals surface area contributed by atoms with Crippen LogP contribution in [0.1, 0.15) is 175 Å². The standard InChI is InChI=1S/C38H70N4O2/c1-4-7-9-11-14-18-26-36(6-3)44-37(34-24-22-25-34)27-19-15-13-17-21-30-42(29-20-16-12-10-8-5-2)31-23-28-39-35-32-38(43)41-40-33-35/h32-33,36H,4-31H2,1-3H3,(H2,39,41,43). The number of hydrogen-bond acceptors (Lipinski definition) is 5. The number of anilines is 1. The molecule has 2 N–H and O–H groups in total. The summed E-state index contributed by atoms with van der Waals surface area (Å²) >= 11 is 0. The summed E-state index contributed by atoms with van der Waals surface area (Å²) in [5.41, 5.74) is 2.28. The summed E-state index contributed by atoms with van der Waals surface area (Å²) < 4.78 is 6.69. The molecule has 44 heavy (non-hydrogen) atoms. The van der Waals surface area contributed by atoms with Crippen LogP contribution in [0.15, 0.2) is 28.4 Å². The zero-order valence-corrected chi connectivity index (χ0v) is 29.2. The van der Waals surface area contributed by atoms with E-state index < -0.39 is 0 Å². The number of nitrogens with zero attached hydrogens (tertiary/aromatic N) is 2. The van der Waals surface area contributed by atoms with Gasteiger partial charge in [-0.1, -0.05) is 104 Å². The van der Waals surface area contributed by atoms with E-state index >= 15 is 0 Å². The summed E-state index contributed by atoms with van der Waals surface area (Å²) in [6.07, 6.45) is 33.4. The van der Waals surface area contributed by atoms with E-state index in [0.717, 1.165) is 38.0 Å². The van der Waals surface area contributed by atoms with Crippen LogP contribution < -0.4 is 10.9 Å². The normalized spacial score (nSPS) is 13.7. The van der Waals surface area contributed by atoms with Crippen molar-refractivity contribution in [3.63, 3.8) is 0 Å². The second-order valence-electron chi connectivity index (χ2n) is 13.3. The predicted octanol–water partition coefficient (Wildman–Crippen LogP) is 10.6. The van der Waals surface area contributed by atoms with Gasteiger partial charge >= 0.3 is 0 Å². The Hall–Kier alpha value is -1.82. The number of aromatic amines is 1. The molecule has 0 radical (unpaired) electrons. The van der Waals surface area contributed by atoms with Crippen molar-refractivity contribution >= 4 is 5.69 Å². The molecule has 0 amide bonds. The summed E-state index contributed by atoms with van der Waals surface area (Å²) in [7, 11) is 0. The van der Waals surface area contributed by atoms with Gasteiger partial charge in [0.05, 0.1) is 23.7 Å². The van der Waals surface area contributed by atoms with Crippen molar-refractivity contribution in [3.8, 4) is 0 Å². The van der Waals surface area contributed by atoms with Crippen LogP contribution >= 0.6 is 0 Å². The van der Waals surface area contributed by atoms with Gasteiger partial charge in [-0.15, -0.1) is 0 Å². The Morgan fingerprint density at radius 2 is 1.41 bits per heavy atom. The molecular weight excluding hydrogens is 544 g/mol. The monoisotopic (exact) mass is 615 g/mol. The van der Waals surface area contributed by atoms with E-state index in [1.54, 1.807) is 17.8 Å². The minimum atomic E-state index is -0.156. The second-order valence-corrected chi connectivity index (χ2v) is 13.3. The third-order valence-electron chi connectivity index (χ3n) is 9.35. The largest absolute Gasteiger partial charge is 0.495 e. The Labute approximate surface area is 271 Å². The van der Waals surface area contributed by atoms with Gasteiger partial charge in [0.25, 0.3) is 5.56 Å². The van der Waals surface area contributed by atoms with Gasteiger partial charge in [0, 0.05) is 19.0 Å². The number of H-pyrrole nitrogens is 1. The molecule has 1 aliphatic carbocycles. The molecule has 1 heterocycles. The number of rotatable bonds is 30. The third-order valence-corrected chi connectivity index (χ3v) is 9.35. The van der Waals surface area contributed by atoms with Crippen LogP contribution in [-0.4, -0.2) is 47.4 Å². The number of ether oxygens (including phenoxy) is 1. The minimum Gasteiger partial charge on any atom is -0.495 e. The Balaban J connectivity index is 1.64. The van der Waals surface area contributed by atoms with Crippen LogP contribution in [-0.2, 0) is 4.74 Å². The Bertz CT molecular complexity index is 893. The molecule has 1 unspecified atom stereocenters. The fourth-order valence-corrected chi connectivity index (χ4v) is 6.26. The van der Waals surface area contributed by atoms with Gasteiger partial charge in [0.2, 0.25) is 0 Å². The van der Waals surface area contributed by atoms with Crippen LogP contribution in [0.5, 0.6) is 0 Å². The second kappa shape index (κ2) is 26.4. The highest BCUT2D eigenvalue weighted by atomic mass is 16.5. The fraction of sp³-hybridized carbons (Fsp3) is 0.842. The van der Waals surface area contributed by atoms with Crippen LogP contribution in [0.3, 0.4) is 0 Å². The van der Waals surface area contributed by atoms with Crippen molar-refractivity contribution in [3.05, 3.63) is 33.9 Å². The zero-order valence-electron chi connectivity index (χ0n) is 29.2. The van der Waals surface area contributed by atoms with E-state index in [4.69, 9.17) is 4.74 Å². The maximum Gasteiger partial charge on any atom is 0.266 e. The lowest BCUT2D eigenvalue weighted by molar-refractivity contribution is 0.0897. The van der Waals surface area contributed by atoms with Crippen molar-refractivity contribution < 1.29 is 4.74 Å². The summed E-state index contributed by atoms with van der Waals surface area (Å²) in [6, 6.07) is 1.58. The topological polar surface area (TPSA) is 70.2 Å². The molecular formula is C38H70N4O2. The van der Waals surface area contributed by atoms with Crippen molar-refractivity contribution in [2.45, 2.75) is 181 Å². The van der Waals surface area contributed by atoms with Gasteiger partial charge < -0.3 is 15.0 Å². The first-order valence-electron chi connectivity index (χ1n) is 19.0. The molecule has 254 valence electrons. The van der Waals surface area contributed by atoms with Gasteiger partial charge in [0.15, 0.2) is 0 Å². The SMILES string of the molecule is CCCCCCCCC(CC)OC(CCCCCCCN(CCCCCCCC)CCCNc1cn[nH]c(=O)c1)=C1CCC1. The van der Waals surface area contributed by atoms with Crippen molar-refractivity contribution in [1.29, 1.82) is 0 Å². The highest BCUT2D eigenvalue weighted by Gasteiger charge is 2.18. The van der Waals surface area contributed by atoms with E-state index in [2.05, 4.69) is 41.2 Å². The molecule has 2 rings (SSSR count). The van der Waals surface area contributed by atoms with Gasteiger partial charge in [-0.3, -0.25) is 4.79 Å². The Morgan fingerprint density at radius 1 is 0.818 bits per heavy atom. The molecule has 1 aromatic rings. The average molecular weight is 615 g/mol. The van der Waals surface area contributed by atoms with Gasteiger partial charge in [0.1, 0.15) is 0 Å². The van der Waals surface area contributed by atoms with E-state index in [1.165, 1.54) is 154 Å². The highest BCUT2D eigenvalue weighted by Crippen LogP contribution is 2.33. The van der Waals surface area contributed by atoms with Crippen molar-refractivity contribution in [1.82, 2.24) is 15.1 Å². The molecule has 6 heteroatoms. The van der Waals surface area contributed by atoms with Gasteiger partial charge in [-0.25, -0.2) is 5.10 Å². The summed E-state index contributed by atoms with van der Waals surface area (Å²) in [4.78, 5) is 14.2. The number of unbranched alkanes of at least 4 members (excludes halogenated alkanes) is 14. The Morgan fingerprint density at radius 3 is 2.00 bits per heavy atom. The molecule has 1 fully saturated rings. The first-order chi connectivity index (χ1) is 21.7. The lowest BCUT2D eigenvalue weighted by Gasteiger charge is -2.27. The molecule has 0 spiro atoms. The van der Waals surface area contributed by atoms with Crippen LogP contribution in [0.2, 0.25) is 0 Å². The number of allylic oxidation sites excluding steroid dienone is 2. The minimum absolute atomic E-state index is 0.156. The van der Waals surface area contributed by atoms with Crippen molar-refractivity contribution in [2.24, 2.45) is 0 Å². The lowest BCUT2D eigenvalue weighted by atomic mass is 9.89. The van der Waals surface area contributed by atoms with E-state index in [-0.39, 0.29) is 5.56 Å². The maximum absolute atomic E-state index is 11.5. The molecule has 1 atom stereocenters. The smallest absolute Gasteiger partial charge is 0.266 e. The number of aromatic nitrogens is 2. The molecule has 0 saturated heterocycles. The highest BCUT2D eigenvalue weighted by molar-refractivity contribution is 5.38. The summed E-state index contributed by atoms with van der Waals surface area (Å²) in [6.45, 7) is 11.3. The van der Waals surface area contributed by atoms with Gasteiger partial charge in [-0.2, -0.15) is 5.10 Å². The number of nitrogens with one attached hydrogen (secondary N) is 2. The first kappa shape index (κ1) is 38.4. The Kier molecular flexibility index (Phi) is 23.0. The number of hydrogen-bond donors (Lipinski definition) is 2. The zero-order chi connectivity index (χ0) is 31.5. The molecule has 1 aromatic heterocycles. The average Bonchev–Trinajstić information content (AvgIpc) is 3.00. The van der Waals surface area contributed by atoms with Crippen LogP contribution in [0.4, 0.5) is 5.69 Å². The van der Waals surface area contributed by atoms with Crippen LogP contribution in [0, 0.1) is 0 Å². The fourth-order valence-electron chi connectivity index (χ4n) is 6.26. The molecule has 1 aliphatic rings. The molecule has 0 aromatic carbocycles. The summed E-state index contributed by atoms with van der Waals surface area (Å²) in [5.74, 6) is 1.38. The summed E-state index contributed by atoms with van der Waals surface area (Å²) in [5, 5.41) is 9.68. The van der Waals surface area contributed by atoms with Gasteiger partial charge in [-0.05, 0) is 89.4 Å². The van der Waals surface area contributed by atoms with E-state index in [0.29, 0.717) is 6.10 Å². The molecule has 0 aliphatic heterocycles. The molecule has 0 bridgehead atoms. The van der Waals surface area contributed by atoms with Crippen LogP contribution in [0.25, 0.3) is 0 Å². The quantitative estimate of drug-likeness (QED) is 0.0666. The first-order valence-corrected chi connectivity index (χ1v) is 19.0. The predicted molar refractivity (Wildman–Crippen MR) is 190 cm³/mol. The van der Waals surface area contributed by atoms with Crippen molar-refractivity contribution in [2.75, 3.05) is 31.5 Å². The molecule has 1 saturated carbocycles. The van der Waals surface area contributed by atoms with E-state index in [1.807, 2.05) is 0 Å².